The van der Waals surface area contributed by atoms with Gasteiger partial charge in [0.2, 0.25) is 0 Å². The standard InChI is InChI=1S/C13H14N4/c1-8(2)15-13-10-6-9(3)4-5-11(10)16-17-12(13)7-14/h4-6,8H,1-3H3,(H,15,16). The van der Waals surface area contributed by atoms with Gasteiger partial charge in [-0.2, -0.15) is 5.26 Å². The van der Waals surface area contributed by atoms with Crippen LogP contribution in [-0.4, -0.2) is 16.2 Å². The second-order valence-corrected chi connectivity index (χ2v) is 4.36. The molecule has 0 radical (unpaired) electrons. The van der Waals surface area contributed by atoms with Gasteiger partial charge in [0, 0.05) is 11.4 Å². The van der Waals surface area contributed by atoms with Crippen LogP contribution in [0.2, 0.25) is 0 Å². The van der Waals surface area contributed by atoms with Crippen LogP contribution < -0.4 is 5.32 Å². The van der Waals surface area contributed by atoms with Crippen molar-refractivity contribution in [3.63, 3.8) is 0 Å². The van der Waals surface area contributed by atoms with Crippen LogP contribution in [-0.2, 0) is 0 Å². The van der Waals surface area contributed by atoms with Crippen molar-refractivity contribution in [3.8, 4) is 6.07 Å². The molecule has 1 heterocycles. The number of hydrogen-bond donors (Lipinski definition) is 1. The number of benzene rings is 1. The molecule has 0 aliphatic carbocycles. The molecule has 4 nitrogen and oxygen atoms in total. The Morgan fingerprint density at radius 1 is 1.29 bits per heavy atom. The van der Waals surface area contributed by atoms with E-state index < -0.39 is 0 Å². The van der Waals surface area contributed by atoms with E-state index in [-0.39, 0.29) is 6.04 Å². The first-order chi connectivity index (χ1) is 8.11. The SMILES string of the molecule is Cc1ccc2nnc(C#N)c(NC(C)C)c2c1. The maximum absolute atomic E-state index is 9.07. The van der Waals surface area contributed by atoms with Gasteiger partial charge in [0.1, 0.15) is 6.07 Å². The molecule has 0 amide bonds. The quantitative estimate of drug-likeness (QED) is 0.855. The molecule has 0 saturated carbocycles. The van der Waals surface area contributed by atoms with Crippen molar-refractivity contribution < 1.29 is 0 Å². The van der Waals surface area contributed by atoms with Gasteiger partial charge in [-0.1, -0.05) is 11.6 Å². The molecule has 0 saturated heterocycles. The molecule has 17 heavy (non-hydrogen) atoms. The summed E-state index contributed by atoms with van der Waals surface area (Å²) in [6, 6.07) is 8.25. The van der Waals surface area contributed by atoms with E-state index in [0.717, 1.165) is 22.2 Å². The van der Waals surface area contributed by atoms with Crippen LogP contribution in [0.5, 0.6) is 0 Å². The lowest BCUT2D eigenvalue weighted by Gasteiger charge is -2.13. The van der Waals surface area contributed by atoms with E-state index in [0.29, 0.717) is 5.69 Å². The van der Waals surface area contributed by atoms with Crippen molar-refractivity contribution in [1.82, 2.24) is 10.2 Å². The van der Waals surface area contributed by atoms with Crippen LogP contribution in [0.25, 0.3) is 10.9 Å². The number of rotatable bonds is 2. The van der Waals surface area contributed by atoms with Gasteiger partial charge in [-0.05, 0) is 32.9 Å². The van der Waals surface area contributed by atoms with Gasteiger partial charge in [0.25, 0.3) is 0 Å². The maximum Gasteiger partial charge on any atom is 0.186 e. The van der Waals surface area contributed by atoms with E-state index in [1.165, 1.54) is 0 Å². The molecule has 2 rings (SSSR count). The second kappa shape index (κ2) is 4.38. The molecular formula is C13H14N4. The molecular weight excluding hydrogens is 212 g/mol. The number of nitriles is 1. The van der Waals surface area contributed by atoms with Gasteiger partial charge in [0.05, 0.1) is 11.2 Å². The largest absolute Gasteiger partial charge is 0.380 e. The average molecular weight is 226 g/mol. The Labute approximate surface area is 100 Å². The fourth-order valence-corrected chi connectivity index (χ4v) is 1.73. The predicted octanol–water partition coefficient (Wildman–Crippen LogP) is 2.63. The number of aromatic nitrogens is 2. The van der Waals surface area contributed by atoms with Crippen LogP contribution >= 0.6 is 0 Å². The van der Waals surface area contributed by atoms with Gasteiger partial charge < -0.3 is 5.32 Å². The topological polar surface area (TPSA) is 61.6 Å². The average Bonchev–Trinajstić information content (AvgIpc) is 2.29. The molecule has 1 aromatic heterocycles. The normalized spacial score (nSPS) is 10.5. The van der Waals surface area contributed by atoms with Crippen molar-refractivity contribution >= 4 is 16.6 Å². The Kier molecular flexibility index (Phi) is 2.92. The van der Waals surface area contributed by atoms with Gasteiger partial charge >= 0.3 is 0 Å². The number of hydrogen-bond acceptors (Lipinski definition) is 4. The van der Waals surface area contributed by atoms with Gasteiger partial charge in [-0.15, -0.1) is 10.2 Å². The lowest BCUT2D eigenvalue weighted by molar-refractivity contribution is 0.894. The molecule has 0 aliphatic rings. The third-order valence-corrected chi connectivity index (χ3v) is 2.45. The van der Waals surface area contributed by atoms with Crippen molar-refractivity contribution in [2.75, 3.05) is 5.32 Å². The number of nitrogens with one attached hydrogen (secondary N) is 1. The fourth-order valence-electron chi connectivity index (χ4n) is 1.73. The Morgan fingerprint density at radius 3 is 2.71 bits per heavy atom. The summed E-state index contributed by atoms with van der Waals surface area (Å²) in [5.74, 6) is 0. The Morgan fingerprint density at radius 2 is 2.06 bits per heavy atom. The fraction of sp³-hybridized carbons (Fsp3) is 0.308. The minimum absolute atomic E-state index is 0.245. The molecule has 0 unspecified atom stereocenters. The highest BCUT2D eigenvalue weighted by Gasteiger charge is 2.11. The number of anilines is 1. The Bertz CT molecular complexity index is 596. The monoisotopic (exact) mass is 226 g/mol. The first kappa shape index (κ1) is 11.3. The minimum Gasteiger partial charge on any atom is -0.380 e. The zero-order valence-corrected chi connectivity index (χ0v) is 10.2. The summed E-state index contributed by atoms with van der Waals surface area (Å²) in [6.45, 7) is 6.08. The summed E-state index contributed by atoms with van der Waals surface area (Å²) in [4.78, 5) is 0. The summed E-state index contributed by atoms with van der Waals surface area (Å²) in [5.41, 5.74) is 3.06. The molecule has 1 N–H and O–H groups in total. The van der Waals surface area contributed by atoms with Gasteiger partial charge in [-0.3, -0.25) is 0 Å². The number of fused-ring (bicyclic) bond motifs is 1. The van der Waals surface area contributed by atoms with Crippen LogP contribution in [0, 0.1) is 18.3 Å². The Hall–Kier alpha value is -2.15. The zero-order chi connectivity index (χ0) is 12.4. The molecule has 1 aromatic carbocycles. The molecule has 4 heteroatoms. The molecule has 0 spiro atoms. The van der Waals surface area contributed by atoms with Crippen molar-refractivity contribution in [2.24, 2.45) is 0 Å². The first-order valence-electron chi connectivity index (χ1n) is 5.55. The predicted molar refractivity (Wildman–Crippen MR) is 67.7 cm³/mol. The van der Waals surface area contributed by atoms with E-state index in [1.807, 2.05) is 39.0 Å². The van der Waals surface area contributed by atoms with Gasteiger partial charge in [-0.25, -0.2) is 0 Å². The maximum atomic E-state index is 9.07. The molecule has 0 aliphatic heterocycles. The summed E-state index contributed by atoms with van der Waals surface area (Å²) < 4.78 is 0. The van der Waals surface area contributed by atoms with Crippen molar-refractivity contribution in [1.29, 1.82) is 5.26 Å². The van der Waals surface area contributed by atoms with E-state index in [9.17, 15) is 0 Å². The van der Waals surface area contributed by atoms with E-state index in [4.69, 9.17) is 5.26 Å². The van der Waals surface area contributed by atoms with Crippen molar-refractivity contribution in [3.05, 3.63) is 29.5 Å². The molecule has 2 aromatic rings. The summed E-state index contributed by atoms with van der Waals surface area (Å²) in [5, 5.41) is 21.3. The lowest BCUT2D eigenvalue weighted by Crippen LogP contribution is -2.12. The number of nitrogens with zero attached hydrogens (tertiary/aromatic N) is 3. The highest BCUT2D eigenvalue weighted by molar-refractivity contribution is 5.93. The highest BCUT2D eigenvalue weighted by Crippen LogP contribution is 2.25. The van der Waals surface area contributed by atoms with E-state index >= 15 is 0 Å². The summed E-state index contributed by atoms with van der Waals surface area (Å²) in [6.07, 6.45) is 0. The van der Waals surface area contributed by atoms with E-state index in [1.54, 1.807) is 0 Å². The number of aryl methyl sites for hydroxylation is 1. The third kappa shape index (κ3) is 2.18. The molecule has 0 bridgehead atoms. The highest BCUT2D eigenvalue weighted by atomic mass is 15.1. The smallest absolute Gasteiger partial charge is 0.186 e. The van der Waals surface area contributed by atoms with Crippen LogP contribution in [0.15, 0.2) is 18.2 Å². The van der Waals surface area contributed by atoms with Crippen LogP contribution in [0.4, 0.5) is 5.69 Å². The van der Waals surface area contributed by atoms with E-state index in [2.05, 4.69) is 21.6 Å². The van der Waals surface area contributed by atoms with Crippen molar-refractivity contribution in [2.45, 2.75) is 26.8 Å². The Balaban J connectivity index is 2.73. The third-order valence-electron chi connectivity index (χ3n) is 2.45. The zero-order valence-electron chi connectivity index (χ0n) is 10.2. The molecule has 0 atom stereocenters. The van der Waals surface area contributed by atoms with Crippen LogP contribution in [0.3, 0.4) is 0 Å². The van der Waals surface area contributed by atoms with Crippen LogP contribution in [0.1, 0.15) is 25.1 Å². The summed E-state index contributed by atoms with van der Waals surface area (Å²) in [7, 11) is 0. The first-order valence-corrected chi connectivity index (χ1v) is 5.55. The molecule has 0 fully saturated rings. The second-order valence-electron chi connectivity index (χ2n) is 4.36. The lowest BCUT2D eigenvalue weighted by atomic mass is 10.1. The molecule has 86 valence electrons. The van der Waals surface area contributed by atoms with Gasteiger partial charge in [0.15, 0.2) is 5.69 Å². The summed E-state index contributed by atoms with van der Waals surface area (Å²) >= 11 is 0. The minimum atomic E-state index is 0.245.